The van der Waals surface area contributed by atoms with Crippen LogP contribution in [0.2, 0.25) is 0 Å². The predicted molar refractivity (Wildman–Crippen MR) is 75.3 cm³/mol. The standard InChI is InChI=1S/C14H19NO2S/c1-5-11-18(16,17)13-9-7-12(8-10-13)15-14(3,4)6-2/h2,7-10,15H,5,11H2,1,3-4H3. The van der Waals surface area contributed by atoms with Crippen molar-refractivity contribution in [2.45, 2.75) is 37.6 Å². The van der Waals surface area contributed by atoms with Gasteiger partial charge in [0.1, 0.15) is 0 Å². The molecule has 0 unspecified atom stereocenters. The molecule has 98 valence electrons. The number of anilines is 1. The van der Waals surface area contributed by atoms with E-state index < -0.39 is 15.4 Å². The van der Waals surface area contributed by atoms with Crippen LogP contribution in [0.1, 0.15) is 27.2 Å². The Morgan fingerprint density at radius 2 is 1.83 bits per heavy atom. The largest absolute Gasteiger partial charge is 0.370 e. The topological polar surface area (TPSA) is 46.2 Å². The van der Waals surface area contributed by atoms with Gasteiger partial charge in [-0.15, -0.1) is 6.42 Å². The van der Waals surface area contributed by atoms with E-state index in [0.717, 1.165) is 5.69 Å². The normalized spacial score (nSPS) is 11.9. The lowest BCUT2D eigenvalue weighted by Crippen LogP contribution is -2.28. The molecule has 0 aliphatic heterocycles. The first-order chi connectivity index (χ1) is 8.30. The van der Waals surface area contributed by atoms with Crippen LogP contribution in [0.3, 0.4) is 0 Å². The molecule has 0 saturated heterocycles. The molecule has 0 aliphatic carbocycles. The molecule has 0 heterocycles. The Hall–Kier alpha value is -1.47. The number of rotatable bonds is 5. The van der Waals surface area contributed by atoms with Crippen molar-refractivity contribution in [3.63, 3.8) is 0 Å². The molecule has 0 atom stereocenters. The maximum atomic E-state index is 11.8. The van der Waals surface area contributed by atoms with Gasteiger partial charge < -0.3 is 5.32 Å². The molecule has 3 nitrogen and oxygen atoms in total. The second-order valence-corrected chi connectivity index (χ2v) is 6.85. The fourth-order valence-electron chi connectivity index (χ4n) is 1.53. The Morgan fingerprint density at radius 1 is 1.28 bits per heavy atom. The van der Waals surface area contributed by atoms with Gasteiger partial charge in [-0.25, -0.2) is 8.42 Å². The van der Waals surface area contributed by atoms with Gasteiger partial charge in [0.15, 0.2) is 9.84 Å². The van der Waals surface area contributed by atoms with Gasteiger partial charge in [-0.3, -0.25) is 0 Å². The van der Waals surface area contributed by atoms with E-state index in [1.807, 2.05) is 20.8 Å². The average molecular weight is 265 g/mol. The fraction of sp³-hybridized carbons (Fsp3) is 0.429. The molecule has 1 N–H and O–H groups in total. The van der Waals surface area contributed by atoms with Crippen LogP contribution in [0, 0.1) is 12.3 Å². The van der Waals surface area contributed by atoms with Crippen molar-refractivity contribution in [1.29, 1.82) is 0 Å². The summed E-state index contributed by atoms with van der Waals surface area (Å²) in [6.07, 6.45) is 6.00. The number of hydrogen-bond acceptors (Lipinski definition) is 3. The molecule has 0 radical (unpaired) electrons. The quantitative estimate of drug-likeness (QED) is 0.833. The van der Waals surface area contributed by atoms with E-state index in [1.165, 1.54) is 0 Å². The number of sulfone groups is 1. The van der Waals surface area contributed by atoms with Gasteiger partial charge in [0.05, 0.1) is 16.2 Å². The lowest BCUT2D eigenvalue weighted by atomic mass is 10.1. The SMILES string of the molecule is C#CC(C)(C)Nc1ccc(S(=O)(=O)CCC)cc1. The second kappa shape index (κ2) is 5.45. The zero-order valence-corrected chi connectivity index (χ0v) is 11.8. The Labute approximate surface area is 110 Å². The lowest BCUT2D eigenvalue weighted by molar-refractivity contribution is 0.595. The van der Waals surface area contributed by atoms with Crippen LogP contribution >= 0.6 is 0 Å². The third-order valence-electron chi connectivity index (χ3n) is 2.50. The Kier molecular flexibility index (Phi) is 4.42. The van der Waals surface area contributed by atoms with Gasteiger partial charge in [0, 0.05) is 5.69 Å². The molecule has 0 aromatic heterocycles. The highest BCUT2D eigenvalue weighted by Gasteiger charge is 2.15. The van der Waals surface area contributed by atoms with E-state index in [9.17, 15) is 8.42 Å². The molecule has 0 spiro atoms. The molecular formula is C14H19NO2S. The summed E-state index contributed by atoms with van der Waals surface area (Å²) in [6, 6.07) is 6.70. The minimum Gasteiger partial charge on any atom is -0.370 e. The first-order valence-electron chi connectivity index (χ1n) is 5.89. The highest BCUT2D eigenvalue weighted by atomic mass is 32.2. The van der Waals surface area contributed by atoms with Crippen molar-refractivity contribution >= 4 is 15.5 Å². The Morgan fingerprint density at radius 3 is 2.28 bits per heavy atom. The zero-order valence-electron chi connectivity index (χ0n) is 11.0. The molecule has 0 bridgehead atoms. The third kappa shape index (κ3) is 3.78. The van der Waals surface area contributed by atoms with Gasteiger partial charge in [0.2, 0.25) is 0 Å². The minimum atomic E-state index is -3.14. The van der Waals surface area contributed by atoms with Gasteiger partial charge in [-0.2, -0.15) is 0 Å². The summed E-state index contributed by atoms with van der Waals surface area (Å²) in [7, 11) is -3.14. The lowest BCUT2D eigenvalue weighted by Gasteiger charge is -2.21. The van der Waals surface area contributed by atoms with Gasteiger partial charge >= 0.3 is 0 Å². The number of hydrogen-bond donors (Lipinski definition) is 1. The van der Waals surface area contributed by atoms with Crippen molar-refractivity contribution < 1.29 is 8.42 Å². The van der Waals surface area contributed by atoms with Gasteiger partial charge in [0.25, 0.3) is 0 Å². The summed E-state index contributed by atoms with van der Waals surface area (Å²) < 4.78 is 23.7. The van der Waals surface area contributed by atoms with Crippen LogP contribution in [0.5, 0.6) is 0 Å². The smallest absolute Gasteiger partial charge is 0.178 e. The monoisotopic (exact) mass is 265 g/mol. The Balaban J connectivity index is 2.91. The highest BCUT2D eigenvalue weighted by Crippen LogP contribution is 2.18. The van der Waals surface area contributed by atoms with Crippen molar-refractivity contribution in [3.8, 4) is 12.3 Å². The minimum absolute atomic E-state index is 0.176. The summed E-state index contributed by atoms with van der Waals surface area (Å²) >= 11 is 0. The maximum Gasteiger partial charge on any atom is 0.178 e. The highest BCUT2D eigenvalue weighted by molar-refractivity contribution is 7.91. The van der Waals surface area contributed by atoms with E-state index in [2.05, 4.69) is 11.2 Å². The van der Waals surface area contributed by atoms with E-state index in [1.54, 1.807) is 24.3 Å². The van der Waals surface area contributed by atoms with Crippen molar-refractivity contribution in [2.75, 3.05) is 11.1 Å². The maximum absolute atomic E-state index is 11.8. The molecule has 4 heteroatoms. The molecule has 1 rings (SSSR count). The first kappa shape index (κ1) is 14.6. The van der Waals surface area contributed by atoms with Crippen LogP contribution in [-0.4, -0.2) is 19.7 Å². The number of benzene rings is 1. The van der Waals surface area contributed by atoms with Crippen molar-refractivity contribution in [3.05, 3.63) is 24.3 Å². The molecule has 18 heavy (non-hydrogen) atoms. The van der Waals surface area contributed by atoms with E-state index >= 15 is 0 Å². The van der Waals surface area contributed by atoms with E-state index in [0.29, 0.717) is 11.3 Å². The van der Waals surface area contributed by atoms with Crippen LogP contribution < -0.4 is 5.32 Å². The molecule has 0 aliphatic rings. The Bertz CT molecular complexity index is 536. The number of nitrogens with one attached hydrogen (secondary N) is 1. The molecule has 0 saturated carbocycles. The summed E-state index contributed by atoms with van der Waals surface area (Å²) in [4.78, 5) is 0.355. The second-order valence-electron chi connectivity index (χ2n) is 4.74. The fourth-order valence-corrected chi connectivity index (χ4v) is 2.85. The van der Waals surface area contributed by atoms with Crippen LogP contribution in [0.15, 0.2) is 29.2 Å². The summed E-state index contributed by atoms with van der Waals surface area (Å²) in [5, 5.41) is 3.15. The van der Waals surface area contributed by atoms with Crippen LogP contribution in [0.25, 0.3) is 0 Å². The average Bonchev–Trinajstić information content (AvgIpc) is 2.29. The molecular weight excluding hydrogens is 246 g/mol. The van der Waals surface area contributed by atoms with Crippen molar-refractivity contribution in [1.82, 2.24) is 0 Å². The van der Waals surface area contributed by atoms with E-state index in [4.69, 9.17) is 6.42 Å². The van der Waals surface area contributed by atoms with E-state index in [-0.39, 0.29) is 5.75 Å². The third-order valence-corrected chi connectivity index (χ3v) is 4.44. The summed E-state index contributed by atoms with van der Waals surface area (Å²) in [5.41, 5.74) is 0.359. The van der Waals surface area contributed by atoms with Crippen LogP contribution in [0.4, 0.5) is 5.69 Å². The van der Waals surface area contributed by atoms with Crippen LogP contribution in [-0.2, 0) is 9.84 Å². The predicted octanol–water partition coefficient (Wildman–Crippen LogP) is 2.69. The molecule has 0 amide bonds. The zero-order chi connectivity index (χ0) is 13.8. The molecule has 0 fully saturated rings. The van der Waals surface area contributed by atoms with Gasteiger partial charge in [-0.05, 0) is 44.5 Å². The van der Waals surface area contributed by atoms with Gasteiger partial charge in [-0.1, -0.05) is 12.8 Å². The summed E-state index contributed by atoms with van der Waals surface area (Å²) in [6.45, 7) is 5.62. The molecule has 1 aromatic rings. The molecule has 1 aromatic carbocycles. The number of terminal acetylenes is 1. The summed E-state index contributed by atoms with van der Waals surface area (Å²) in [5.74, 6) is 2.80. The first-order valence-corrected chi connectivity index (χ1v) is 7.55. The van der Waals surface area contributed by atoms with Crippen molar-refractivity contribution in [2.24, 2.45) is 0 Å².